The summed E-state index contributed by atoms with van der Waals surface area (Å²) in [6.07, 6.45) is 0. The third-order valence-corrected chi connectivity index (χ3v) is 4.77. The zero-order valence-electron chi connectivity index (χ0n) is 16.8. The van der Waals surface area contributed by atoms with Crippen molar-refractivity contribution in [2.24, 2.45) is 0 Å². The minimum Gasteiger partial charge on any atom is -0.497 e. The molecule has 4 aromatic rings. The van der Waals surface area contributed by atoms with E-state index in [1.54, 1.807) is 38.5 Å². The maximum Gasteiger partial charge on any atom is 0.257 e. The van der Waals surface area contributed by atoms with E-state index in [1.165, 1.54) is 0 Å². The van der Waals surface area contributed by atoms with Crippen molar-refractivity contribution in [2.75, 3.05) is 19.5 Å². The van der Waals surface area contributed by atoms with Crippen LogP contribution in [0.15, 0.2) is 71.1 Å². The van der Waals surface area contributed by atoms with Crippen molar-refractivity contribution in [1.29, 1.82) is 0 Å². The summed E-state index contributed by atoms with van der Waals surface area (Å²) in [5.74, 6) is 1.59. The van der Waals surface area contributed by atoms with E-state index in [0.29, 0.717) is 22.8 Å². The minimum absolute atomic E-state index is 0.197. The number of oxazole rings is 1. The highest BCUT2D eigenvalue weighted by Crippen LogP contribution is 2.27. The van der Waals surface area contributed by atoms with E-state index in [9.17, 15) is 4.79 Å². The van der Waals surface area contributed by atoms with Crippen LogP contribution in [0, 0.1) is 0 Å². The van der Waals surface area contributed by atoms with Gasteiger partial charge in [0.15, 0.2) is 10.7 Å². The fraction of sp³-hybridized carbons (Fsp3) is 0.0870. The van der Waals surface area contributed by atoms with Gasteiger partial charge in [0.05, 0.1) is 14.2 Å². The molecule has 7 nitrogen and oxygen atoms in total. The number of anilines is 1. The highest BCUT2D eigenvalue weighted by molar-refractivity contribution is 7.80. The average molecular weight is 433 g/mol. The molecule has 1 heterocycles. The maximum atomic E-state index is 12.3. The molecule has 31 heavy (non-hydrogen) atoms. The lowest BCUT2D eigenvalue weighted by atomic mass is 10.2. The van der Waals surface area contributed by atoms with Gasteiger partial charge in [-0.15, -0.1) is 0 Å². The quantitative estimate of drug-likeness (QED) is 0.444. The van der Waals surface area contributed by atoms with Crippen LogP contribution in [0.2, 0.25) is 0 Å². The summed E-state index contributed by atoms with van der Waals surface area (Å²) in [6, 6.07) is 19.6. The molecule has 0 radical (unpaired) electrons. The van der Waals surface area contributed by atoms with Gasteiger partial charge in [0.25, 0.3) is 5.91 Å². The Kier molecular flexibility index (Phi) is 5.81. The van der Waals surface area contributed by atoms with Gasteiger partial charge in [0.1, 0.15) is 17.0 Å². The van der Waals surface area contributed by atoms with Crippen LogP contribution in [0.25, 0.3) is 22.6 Å². The molecule has 0 atom stereocenters. The summed E-state index contributed by atoms with van der Waals surface area (Å²) in [7, 11) is 3.18. The van der Waals surface area contributed by atoms with Crippen molar-refractivity contribution in [2.45, 2.75) is 0 Å². The summed E-state index contributed by atoms with van der Waals surface area (Å²) >= 11 is 5.24. The molecule has 0 saturated heterocycles. The van der Waals surface area contributed by atoms with Gasteiger partial charge in [-0.1, -0.05) is 0 Å². The molecule has 0 aliphatic heterocycles. The van der Waals surface area contributed by atoms with Crippen LogP contribution < -0.4 is 20.1 Å². The molecular weight excluding hydrogens is 414 g/mol. The second-order valence-corrected chi connectivity index (χ2v) is 6.98. The Morgan fingerprint density at radius 2 is 1.61 bits per heavy atom. The first-order chi connectivity index (χ1) is 15.1. The Morgan fingerprint density at radius 3 is 2.29 bits per heavy atom. The molecular formula is C23H19N3O4S. The molecule has 0 aliphatic carbocycles. The lowest BCUT2D eigenvalue weighted by Crippen LogP contribution is -2.34. The fourth-order valence-corrected chi connectivity index (χ4v) is 3.14. The summed E-state index contributed by atoms with van der Waals surface area (Å²) in [5, 5.41) is 5.84. The van der Waals surface area contributed by atoms with E-state index >= 15 is 0 Å². The number of methoxy groups -OCH3 is 2. The molecule has 2 N–H and O–H groups in total. The van der Waals surface area contributed by atoms with Crippen LogP contribution >= 0.6 is 12.2 Å². The number of hydrogen-bond donors (Lipinski definition) is 2. The standard InChI is InChI=1S/C23H19N3O4S/c1-28-17-9-5-14(6-10-17)21(27)26-23(31)24-16-7-3-15(4-8-16)22-25-19-13-18(29-2)11-12-20(19)30-22/h3-13H,1-2H3,(H2,24,26,27,31). The summed E-state index contributed by atoms with van der Waals surface area (Å²) < 4.78 is 16.1. The van der Waals surface area contributed by atoms with E-state index in [-0.39, 0.29) is 11.0 Å². The number of nitrogens with one attached hydrogen (secondary N) is 2. The minimum atomic E-state index is -0.307. The fourth-order valence-electron chi connectivity index (χ4n) is 2.93. The van der Waals surface area contributed by atoms with Crippen LogP contribution in [0.1, 0.15) is 10.4 Å². The van der Waals surface area contributed by atoms with Crippen LogP contribution in [0.4, 0.5) is 5.69 Å². The first kappa shape index (κ1) is 20.4. The Bertz CT molecular complexity index is 1230. The number of carbonyl (C=O) groups is 1. The second kappa shape index (κ2) is 8.85. The Labute approximate surface area is 184 Å². The first-order valence-electron chi connectivity index (χ1n) is 9.37. The van der Waals surface area contributed by atoms with Gasteiger partial charge in [-0.3, -0.25) is 10.1 Å². The zero-order valence-corrected chi connectivity index (χ0v) is 17.7. The van der Waals surface area contributed by atoms with E-state index in [2.05, 4.69) is 15.6 Å². The number of thiocarbonyl (C=S) groups is 1. The average Bonchev–Trinajstić information content (AvgIpc) is 3.22. The van der Waals surface area contributed by atoms with Gasteiger partial charge in [-0.25, -0.2) is 4.98 Å². The molecule has 1 aromatic heterocycles. The van der Waals surface area contributed by atoms with E-state index in [1.807, 2.05) is 42.5 Å². The molecule has 8 heteroatoms. The first-order valence-corrected chi connectivity index (χ1v) is 9.78. The van der Waals surface area contributed by atoms with Crippen molar-refractivity contribution in [1.82, 2.24) is 10.3 Å². The Hall–Kier alpha value is -3.91. The largest absolute Gasteiger partial charge is 0.497 e. The van der Waals surface area contributed by atoms with Crippen molar-refractivity contribution in [3.05, 3.63) is 72.3 Å². The van der Waals surface area contributed by atoms with Crippen molar-refractivity contribution >= 4 is 40.0 Å². The number of amides is 1. The molecule has 3 aromatic carbocycles. The highest BCUT2D eigenvalue weighted by atomic mass is 32.1. The number of benzene rings is 3. The Balaban J connectivity index is 1.41. The highest BCUT2D eigenvalue weighted by Gasteiger charge is 2.11. The smallest absolute Gasteiger partial charge is 0.257 e. The van der Waals surface area contributed by atoms with Gasteiger partial charge in [-0.2, -0.15) is 0 Å². The van der Waals surface area contributed by atoms with Crippen molar-refractivity contribution in [3.8, 4) is 23.0 Å². The molecule has 0 aliphatic rings. The molecule has 0 fully saturated rings. The van der Waals surface area contributed by atoms with Gasteiger partial charge in [0.2, 0.25) is 5.89 Å². The van der Waals surface area contributed by atoms with Crippen molar-refractivity contribution < 1.29 is 18.7 Å². The number of fused-ring (bicyclic) bond motifs is 1. The van der Waals surface area contributed by atoms with Crippen LogP contribution in [0.5, 0.6) is 11.5 Å². The normalized spacial score (nSPS) is 10.5. The molecule has 156 valence electrons. The third-order valence-electron chi connectivity index (χ3n) is 4.56. The lowest BCUT2D eigenvalue weighted by molar-refractivity contribution is 0.0977. The molecule has 0 spiro atoms. The van der Waals surface area contributed by atoms with E-state index in [4.69, 9.17) is 26.1 Å². The lowest BCUT2D eigenvalue weighted by Gasteiger charge is -2.10. The number of nitrogens with zero attached hydrogens (tertiary/aromatic N) is 1. The Morgan fingerprint density at radius 1 is 0.935 bits per heavy atom. The van der Waals surface area contributed by atoms with Gasteiger partial charge >= 0.3 is 0 Å². The SMILES string of the molecule is COc1ccc(C(=O)NC(=S)Nc2ccc(-c3nc4cc(OC)ccc4o3)cc2)cc1. The van der Waals surface area contributed by atoms with Crippen LogP contribution in [-0.4, -0.2) is 30.2 Å². The number of aromatic nitrogens is 1. The van der Waals surface area contributed by atoms with Gasteiger partial charge < -0.3 is 19.2 Å². The molecule has 1 amide bonds. The van der Waals surface area contributed by atoms with Gasteiger partial charge in [0, 0.05) is 22.9 Å². The number of rotatable bonds is 5. The number of carbonyl (C=O) groups excluding carboxylic acids is 1. The topological polar surface area (TPSA) is 85.6 Å². The summed E-state index contributed by atoms with van der Waals surface area (Å²) in [6.45, 7) is 0. The number of hydrogen-bond acceptors (Lipinski definition) is 6. The predicted molar refractivity (Wildman–Crippen MR) is 123 cm³/mol. The molecule has 0 unspecified atom stereocenters. The zero-order chi connectivity index (χ0) is 21.8. The predicted octanol–water partition coefficient (Wildman–Crippen LogP) is 4.64. The maximum absolute atomic E-state index is 12.3. The van der Waals surface area contributed by atoms with Gasteiger partial charge in [-0.05, 0) is 72.9 Å². The molecule has 4 rings (SSSR count). The second-order valence-electron chi connectivity index (χ2n) is 6.57. The number of ether oxygens (including phenoxy) is 2. The molecule has 0 bridgehead atoms. The molecule has 0 saturated carbocycles. The monoisotopic (exact) mass is 433 g/mol. The van der Waals surface area contributed by atoms with Crippen molar-refractivity contribution in [3.63, 3.8) is 0 Å². The summed E-state index contributed by atoms with van der Waals surface area (Å²) in [4.78, 5) is 16.8. The van der Waals surface area contributed by atoms with E-state index in [0.717, 1.165) is 22.5 Å². The summed E-state index contributed by atoms with van der Waals surface area (Å²) in [5.41, 5.74) is 3.42. The van der Waals surface area contributed by atoms with E-state index < -0.39 is 0 Å². The van der Waals surface area contributed by atoms with Crippen LogP contribution in [-0.2, 0) is 0 Å². The van der Waals surface area contributed by atoms with Crippen LogP contribution in [0.3, 0.4) is 0 Å². The third kappa shape index (κ3) is 4.65.